The van der Waals surface area contributed by atoms with E-state index in [0.717, 1.165) is 27.5 Å². The Morgan fingerprint density at radius 1 is 0.885 bits per heavy atom. The topological polar surface area (TPSA) is 38.1 Å². The number of pyridine rings is 2. The van der Waals surface area contributed by atoms with Crippen LogP contribution in [-0.4, -0.2) is 15.7 Å². The molecule has 6 heteroatoms. The highest BCUT2D eigenvalue weighted by Gasteiger charge is 2.10. The van der Waals surface area contributed by atoms with Gasteiger partial charge in [-0.05, 0) is 31.2 Å². The maximum atomic E-state index is 6.23. The third-order valence-electron chi connectivity index (χ3n) is 4.06. The lowest BCUT2D eigenvalue weighted by Gasteiger charge is -2.07. The predicted octanol–water partition coefficient (Wildman–Crippen LogP) is 6.88. The molecule has 0 aliphatic heterocycles. The molecule has 0 atom stereocenters. The van der Waals surface area contributed by atoms with Crippen molar-refractivity contribution < 1.29 is 0 Å². The molecule has 0 fully saturated rings. The molecule has 3 nitrogen and oxygen atoms in total. The van der Waals surface area contributed by atoms with Gasteiger partial charge in [0.25, 0.3) is 0 Å². The molecule has 2 heterocycles. The van der Waals surface area contributed by atoms with E-state index in [9.17, 15) is 0 Å². The van der Waals surface area contributed by atoms with Crippen molar-refractivity contribution in [2.75, 3.05) is 0 Å². The molecule has 0 aliphatic rings. The van der Waals surface area contributed by atoms with Gasteiger partial charge in [0.05, 0.1) is 32.5 Å². The highest BCUT2D eigenvalue weighted by Crippen LogP contribution is 2.36. The summed E-state index contributed by atoms with van der Waals surface area (Å²) in [6.07, 6.45) is 1.77. The lowest BCUT2D eigenvalue weighted by molar-refractivity contribution is 1.33. The van der Waals surface area contributed by atoms with Gasteiger partial charge in [0.15, 0.2) is 0 Å². The SMILES string of the molecule is CC(=Nc1c(Cl)cc(Cl)cc1Cl)c1ccc2ccc3cccnc3c2n1. The minimum atomic E-state index is 0.398. The average molecular weight is 401 g/mol. The molecule has 26 heavy (non-hydrogen) atoms. The van der Waals surface area contributed by atoms with E-state index in [1.807, 2.05) is 43.3 Å². The fourth-order valence-electron chi connectivity index (χ4n) is 2.79. The zero-order valence-corrected chi connectivity index (χ0v) is 15.9. The van der Waals surface area contributed by atoms with Crippen molar-refractivity contribution >= 4 is 68.0 Å². The zero-order valence-electron chi connectivity index (χ0n) is 13.7. The van der Waals surface area contributed by atoms with E-state index >= 15 is 0 Å². The van der Waals surface area contributed by atoms with Gasteiger partial charge in [-0.2, -0.15) is 0 Å². The van der Waals surface area contributed by atoms with Gasteiger partial charge in [0.1, 0.15) is 5.69 Å². The Morgan fingerprint density at radius 3 is 2.27 bits per heavy atom. The summed E-state index contributed by atoms with van der Waals surface area (Å²) < 4.78 is 0. The van der Waals surface area contributed by atoms with E-state index < -0.39 is 0 Å². The molecule has 2 aromatic carbocycles. The van der Waals surface area contributed by atoms with E-state index in [4.69, 9.17) is 39.8 Å². The average Bonchev–Trinajstić information content (AvgIpc) is 2.64. The molecule has 2 aromatic heterocycles. The maximum Gasteiger partial charge on any atom is 0.101 e. The molecule has 0 aliphatic carbocycles. The van der Waals surface area contributed by atoms with E-state index in [1.165, 1.54) is 0 Å². The van der Waals surface area contributed by atoms with Crippen LogP contribution in [0.15, 0.2) is 59.7 Å². The Bertz CT molecular complexity index is 1160. The Labute approximate surface area is 165 Å². The smallest absolute Gasteiger partial charge is 0.101 e. The highest BCUT2D eigenvalue weighted by atomic mass is 35.5. The van der Waals surface area contributed by atoms with E-state index in [0.29, 0.717) is 26.5 Å². The Kier molecular flexibility index (Phi) is 4.53. The standard InChI is InChI=1S/C20H12Cl3N3/c1-11(25-20-15(22)9-14(21)10-16(20)23)17-7-6-13-5-4-12-3-2-8-24-18(12)19(13)26-17/h2-10H,1H3. The Hall–Kier alpha value is -2.20. The monoisotopic (exact) mass is 399 g/mol. The third-order valence-corrected chi connectivity index (χ3v) is 4.86. The molecule has 0 bridgehead atoms. The lowest BCUT2D eigenvalue weighted by atomic mass is 10.1. The third kappa shape index (κ3) is 3.14. The van der Waals surface area contributed by atoms with E-state index in [2.05, 4.69) is 9.98 Å². The first-order valence-electron chi connectivity index (χ1n) is 7.87. The van der Waals surface area contributed by atoms with E-state index in [1.54, 1.807) is 18.3 Å². The first kappa shape index (κ1) is 17.2. The van der Waals surface area contributed by atoms with Crippen molar-refractivity contribution in [1.29, 1.82) is 0 Å². The lowest BCUT2D eigenvalue weighted by Crippen LogP contribution is -1.99. The van der Waals surface area contributed by atoms with Crippen LogP contribution in [0.3, 0.4) is 0 Å². The van der Waals surface area contributed by atoms with Crippen molar-refractivity contribution in [1.82, 2.24) is 9.97 Å². The molecular weight excluding hydrogens is 389 g/mol. The summed E-state index contributed by atoms with van der Waals surface area (Å²) in [6, 6.07) is 15.2. The van der Waals surface area contributed by atoms with Gasteiger partial charge in [-0.15, -0.1) is 0 Å². The van der Waals surface area contributed by atoms with Crippen LogP contribution in [0, 0.1) is 0 Å². The van der Waals surface area contributed by atoms with Crippen molar-refractivity contribution in [3.05, 3.63) is 75.5 Å². The molecule has 0 saturated carbocycles. The Morgan fingerprint density at radius 2 is 1.54 bits per heavy atom. The minimum Gasteiger partial charge on any atom is -0.254 e. The number of nitrogens with zero attached hydrogens (tertiary/aromatic N) is 3. The van der Waals surface area contributed by atoms with Crippen molar-refractivity contribution in [3.63, 3.8) is 0 Å². The fourth-order valence-corrected chi connectivity index (χ4v) is 3.69. The van der Waals surface area contributed by atoms with E-state index in [-0.39, 0.29) is 0 Å². The summed E-state index contributed by atoms with van der Waals surface area (Å²) in [6.45, 7) is 1.87. The molecule has 0 N–H and O–H groups in total. The number of aromatic nitrogens is 2. The number of aliphatic imine (C=N–C) groups is 1. The van der Waals surface area contributed by atoms with Crippen LogP contribution in [-0.2, 0) is 0 Å². The summed E-state index contributed by atoms with van der Waals surface area (Å²) >= 11 is 18.4. The van der Waals surface area contributed by atoms with Gasteiger partial charge in [-0.1, -0.05) is 59.1 Å². The number of fused-ring (bicyclic) bond motifs is 3. The van der Waals surface area contributed by atoms with Gasteiger partial charge in [-0.3, -0.25) is 4.98 Å². The van der Waals surface area contributed by atoms with Gasteiger partial charge in [-0.25, -0.2) is 9.98 Å². The summed E-state index contributed by atoms with van der Waals surface area (Å²) in [5.41, 5.74) is 3.61. The summed E-state index contributed by atoms with van der Waals surface area (Å²) in [5, 5.41) is 3.33. The van der Waals surface area contributed by atoms with Crippen LogP contribution in [0.4, 0.5) is 5.69 Å². The number of hydrogen-bond acceptors (Lipinski definition) is 3. The predicted molar refractivity (Wildman–Crippen MR) is 110 cm³/mol. The number of hydrogen-bond donors (Lipinski definition) is 0. The first-order chi connectivity index (χ1) is 12.5. The number of benzene rings is 2. The van der Waals surface area contributed by atoms with Gasteiger partial charge in [0.2, 0.25) is 0 Å². The van der Waals surface area contributed by atoms with Gasteiger partial charge >= 0.3 is 0 Å². The summed E-state index contributed by atoms with van der Waals surface area (Å²) in [4.78, 5) is 13.8. The first-order valence-corrected chi connectivity index (χ1v) is 9.01. The van der Waals surface area contributed by atoms with Gasteiger partial charge < -0.3 is 0 Å². The van der Waals surface area contributed by atoms with Crippen molar-refractivity contribution in [2.24, 2.45) is 4.99 Å². The van der Waals surface area contributed by atoms with Crippen LogP contribution in [0.1, 0.15) is 12.6 Å². The summed E-state index contributed by atoms with van der Waals surface area (Å²) in [5.74, 6) is 0. The van der Waals surface area contributed by atoms with Gasteiger partial charge in [0, 0.05) is 22.0 Å². The van der Waals surface area contributed by atoms with Crippen LogP contribution in [0.25, 0.3) is 21.8 Å². The zero-order chi connectivity index (χ0) is 18.3. The van der Waals surface area contributed by atoms with Crippen LogP contribution < -0.4 is 0 Å². The maximum absolute atomic E-state index is 6.23. The van der Waals surface area contributed by atoms with Crippen LogP contribution in [0.2, 0.25) is 15.1 Å². The molecule has 0 amide bonds. The van der Waals surface area contributed by atoms with Crippen LogP contribution >= 0.6 is 34.8 Å². The second-order valence-corrected chi connectivity index (χ2v) is 7.07. The molecule has 0 radical (unpaired) electrons. The van der Waals surface area contributed by atoms with Crippen molar-refractivity contribution in [2.45, 2.75) is 6.92 Å². The van der Waals surface area contributed by atoms with Crippen LogP contribution in [0.5, 0.6) is 0 Å². The second kappa shape index (κ2) is 6.84. The molecule has 0 unspecified atom stereocenters. The number of halogens is 3. The molecule has 4 rings (SSSR count). The number of rotatable bonds is 2. The highest BCUT2D eigenvalue weighted by molar-refractivity contribution is 6.41. The molecular formula is C20H12Cl3N3. The quantitative estimate of drug-likeness (QED) is 0.271. The fraction of sp³-hybridized carbons (Fsp3) is 0.0500. The Balaban J connectivity index is 1.87. The largest absolute Gasteiger partial charge is 0.254 e. The normalized spacial score (nSPS) is 12.1. The molecule has 128 valence electrons. The second-order valence-electron chi connectivity index (χ2n) is 5.82. The van der Waals surface area contributed by atoms with Crippen molar-refractivity contribution in [3.8, 4) is 0 Å². The molecule has 0 spiro atoms. The minimum absolute atomic E-state index is 0.398. The molecule has 0 saturated heterocycles. The summed E-state index contributed by atoms with van der Waals surface area (Å²) in [7, 11) is 0. The molecule has 4 aromatic rings.